The van der Waals surface area contributed by atoms with Gasteiger partial charge in [-0.3, -0.25) is 4.79 Å². The summed E-state index contributed by atoms with van der Waals surface area (Å²) in [4.78, 5) is 21.9. The van der Waals surface area contributed by atoms with Gasteiger partial charge in [-0.2, -0.15) is 0 Å². The van der Waals surface area contributed by atoms with Gasteiger partial charge in [0.05, 0.1) is 5.56 Å². The molecular weight excluding hydrogens is 232 g/mol. The third-order valence-corrected chi connectivity index (χ3v) is 2.38. The van der Waals surface area contributed by atoms with Gasteiger partial charge < -0.3 is 9.84 Å². The Kier molecular flexibility index (Phi) is 3.38. The molecule has 0 unspecified atom stereocenters. The monoisotopic (exact) mass is 242 g/mol. The van der Waals surface area contributed by atoms with Crippen LogP contribution in [0.2, 0.25) is 0 Å². The number of rotatable bonds is 4. The largest absolute Gasteiger partial charge is 0.478 e. The zero-order chi connectivity index (χ0) is 13.0. The number of aromatic carboxylic acids is 1. The Morgan fingerprint density at radius 1 is 1.00 bits per heavy atom. The number of ether oxygens (including phenoxy) is 1. The van der Waals surface area contributed by atoms with Crippen molar-refractivity contribution in [2.75, 3.05) is 0 Å². The number of carboxylic acids is 1. The fourth-order valence-corrected chi connectivity index (χ4v) is 1.52. The van der Waals surface area contributed by atoms with Gasteiger partial charge in [0.15, 0.2) is 6.29 Å². The molecule has 0 aliphatic heterocycles. The number of carboxylic acid groups (broad SMARTS) is 1. The van der Waals surface area contributed by atoms with Crippen LogP contribution in [-0.4, -0.2) is 17.4 Å². The van der Waals surface area contributed by atoms with Crippen molar-refractivity contribution in [2.45, 2.75) is 0 Å². The smallest absolute Gasteiger partial charge is 0.339 e. The van der Waals surface area contributed by atoms with E-state index in [9.17, 15) is 9.59 Å². The van der Waals surface area contributed by atoms with Crippen LogP contribution in [0.25, 0.3) is 0 Å². The first-order valence-electron chi connectivity index (χ1n) is 5.27. The maximum atomic E-state index is 11.0. The molecule has 0 fully saturated rings. The van der Waals surface area contributed by atoms with Gasteiger partial charge in [-0.15, -0.1) is 0 Å². The maximum Gasteiger partial charge on any atom is 0.339 e. The fraction of sp³-hybridized carbons (Fsp3) is 0. The molecule has 18 heavy (non-hydrogen) atoms. The van der Waals surface area contributed by atoms with Gasteiger partial charge in [-0.1, -0.05) is 24.3 Å². The molecule has 90 valence electrons. The molecule has 0 amide bonds. The van der Waals surface area contributed by atoms with Crippen LogP contribution in [0.3, 0.4) is 0 Å². The summed E-state index contributed by atoms with van der Waals surface area (Å²) in [5, 5.41) is 9.02. The lowest BCUT2D eigenvalue weighted by Crippen LogP contribution is -2.00. The highest BCUT2D eigenvalue weighted by molar-refractivity contribution is 5.91. The predicted octanol–water partition coefficient (Wildman–Crippen LogP) is 2.99. The van der Waals surface area contributed by atoms with Crippen LogP contribution in [0.15, 0.2) is 48.5 Å². The summed E-state index contributed by atoms with van der Waals surface area (Å²) in [6.07, 6.45) is 0.665. The van der Waals surface area contributed by atoms with Crippen molar-refractivity contribution in [2.24, 2.45) is 0 Å². The topological polar surface area (TPSA) is 63.6 Å². The Bertz CT molecular complexity index is 590. The predicted molar refractivity (Wildman–Crippen MR) is 65.3 cm³/mol. The molecule has 4 nitrogen and oxygen atoms in total. The third-order valence-electron chi connectivity index (χ3n) is 2.38. The van der Waals surface area contributed by atoms with Crippen LogP contribution in [0, 0.1) is 0 Å². The summed E-state index contributed by atoms with van der Waals surface area (Å²) in [6, 6.07) is 12.9. The molecule has 0 saturated carbocycles. The van der Waals surface area contributed by atoms with E-state index in [0.717, 1.165) is 0 Å². The Hall–Kier alpha value is -2.62. The molecule has 0 bridgehead atoms. The van der Waals surface area contributed by atoms with E-state index in [0.29, 0.717) is 17.6 Å². The second kappa shape index (κ2) is 5.14. The van der Waals surface area contributed by atoms with Crippen LogP contribution in [0.5, 0.6) is 11.5 Å². The quantitative estimate of drug-likeness (QED) is 0.837. The number of carbonyl (C=O) groups excluding carboxylic acids is 1. The van der Waals surface area contributed by atoms with Crippen LogP contribution in [-0.2, 0) is 0 Å². The highest BCUT2D eigenvalue weighted by atomic mass is 16.5. The highest BCUT2D eigenvalue weighted by Crippen LogP contribution is 2.27. The number of hydrogen-bond donors (Lipinski definition) is 1. The van der Waals surface area contributed by atoms with Gasteiger partial charge >= 0.3 is 5.97 Å². The molecule has 0 saturated heterocycles. The molecule has 0 aliphatic carbocycles. The minimum atomic E-state index is -1.07. The molecule has 0 atom stereocenters. The number of hydrogen-bond acceptors (Lipinski definition) is 3. The first kappa shape index (κ1) is 11.9. The lowest BCUT2D eigenvalue weighted by atomic mass is 10.2. The summed E-state index contributed by atoms with van der Waals surface area (Å²) >= 11 is 0. The van der Waals surface area contributed by atoms with E-state index >= 15 is 0 Å². The van der Waals surface area contributed by atoms with Gasteiger partial charge in [0.25, 0.3) is 0 Å². The maximum absolute atomic E-state index is 11.0. The van der Waals surface area contributed by atoms with E-state index < -0.39 is 5.97 Å². The Morgan fingerprint density at radius 2 is 1.61 bits per heavy atom. The molecule has 0 radical (unpaired) electrons. The Balaban J connectivity index is 2.40. The van der Waals surface area contributed by atoms with Crippen LogP contribution < -0.4 is 4.74 Å². The van der Waals surface area contributed by atoms with Crippen molar-refractivity contribution in [1.82, 2.24) is 0 Å². The van der Waals surface area contributed by atoms with Crippen molar-refractivity contribution < 1.29 is 19.4 Å². The summed E-state index contributed by atoms with van der Waals surface area (Å²) in [5.74, 6) is -0.533. The van der Waals surface area contributed by atoms with Crippen LogP contribution in [0.1, 0.15) is 20.7 Å². The van der Waals surface area contributed by atoms with E-state index in [2.05, 4.69) is 0 Å². The van der Waals surface area contributed by atoms with Gasteiger partial charge in [-0.25, -0.2) is 4.79 Å². The number of benzene rings is 2. The average molecular weight is 242 g/mol. The molecule has 4 heteroatoms. The lowest BCUT2D eigenvalue weighted by molar-refractivity contribution is 0.0694. The normalized spacial score (nSPS) is 9.78. The molecule has 0 aliphatic rings. The zero-order valence-corrected chi connectivity index (χ0v) is 9.37. The van der Waals surface area contributed by atoms with Crippen LogP contribution >= 0.6 is 0 Å². The first-order chi connectivity index (χ1) is 8.72. The van der Waals surface area contributed by atoms with Crippen molar-refractivity contribution in [3.63, 3.8) is 0 Å². The highest BCUT2D eigenvalue weighted by Gasteiger charge is 2.12. The van der Waals surface area contributed by atoms with Crippen molar-refractivity contribution in [1.29, 1.82) is 0 Å². The van der Waals surface area contributed by atoms with Crippen molar-refractivity contribution in [3.8, 4) is 11.5 Å². The van der Waals surface area contributed by atoms with E-state index in [1.54, 1.807) is 42.5 Å². The summed E-state index contributed by atoms with van der Waals surface area (Å²) in [7, 11) is 0. The van der Waals surface area contributed by atoms with Gasteiger partial charge in [0, 0.05) is 0 Å². The Labute approximate surface area is 103 Å². The molecular formula is C14H10O4. The lowest BCUT2D eigenvalue weighted by Gasteiger charge is -2.09. The van der Waals surface area contributed by atoms with Gasteiger partial charge in [-0.05, 0) is 24.3 Å². The van der Waals surface area contributed by atoms with Crippen molar-refractivity contribution >= 4 is 12.3 Å². The number of carbonyl (C=O) groups is 2. The zero-order valence-electron chi connectivity index (χ0n) is 9.37. The number of para-hydroxylation sites is 2. The molecule has 0 aromatic heterocycles. The van der Waals surface area contributed by atoms with E-state index in [-0.39, 0.29) is 11.3 Å². The minimum absolute atomic E-state index is 0.0539. The fourth-order valence-electron chi connectivity index (χ4n) is 1.52. The van der Waals surface area contributed by atoms with Crippen LogP contribution in [0.4, 0.5) is 0 Å². The molecule has 0 heterocycles. The summed E-state index contributed by atoms with van der Waals surface area (Å²) in [6.45, 7) is 0. The SMILES string of the molecule is O=Cc1ccccc1Oc1ccccc1C(=O)O. The summed E-state index contributed by atoms with van der Waals surface area (Å²) in [5.41, 5.74) is 0.427. The van der Waals surface area contributed by atoms with E-state index in [1.807, 2.05) is 0 Å². The third kappa shape index (κ3) is 2.38. The standard InChI is InChI=1S/C14H10O4/c15-9-10-5-1-3-7-12(10)18-13-8-4-2-6-11(13)14(16)17/h1-9H,(H,16,17). The second-order valence-electron chi connectivity index (χ2n) is 3.56. The second-order valence-corrected chi connectivity index (χ2v) is 3.56. The van der Waals surface area contributed by atoms with E-state index in [1.165, 1.54) is 6.07 Å². The summed E-state index contributed by atoms with van der Waals surface area (Å²) < 4.78 is 5.48. The molecule has 0 spiro atoms. The Morgan fingerprint density at radius 3 is 2.28 bits per heavy atom. The average Bonchev–Trinajstić information content (AvgIpc) is 2.40. The van der Waals surface area contributed by atoms with Gasteiger partial charge in [0.1, 0.15) is 17.1 Å². The van der Waals surface area contributed by atoms with Gasteiger partial charge in [0.2, 0.25) is 0 Å². The first-order valence-corrected chi connectivity index (χ1v) is 5.27. The number of aldehydes is 1. The molecule has 2 aromatic rings. The molecule has 2 rings (SSSR count). The molecule has 1 N–H and O–H groups in total. The van der Waals surface area contributed by atoms with Crippen molar-refractivity contribution in [3.05, 3.63) is 59.7 Å². The minimum Gasteiger partial charge on any atom is -0.478 e. The van der Waals surface area contributed by atoms with E-state index in [4.69, 9.17) is 9.84 Å². The molecule has 2 aromatic carbocycles.